The highest BCUT2D eigenvalue weighted by Gasteiger charge is 2.06. The summed E-state index contributed by atoms with van der Waals surface area (Å²) in [6.45, 7) is 0. The third-order valence-corrected chi connectivity index (χ3v) is 1.82. The smallest absolute Gasteiger partial charge is 0.335 e. The molecule has 4 heteroatoms. The third-order valence-electron chi connectivity index (χ3n) is 1.82. The number of nitrogens with zero attached hydrogens (tertiary/aromatic N) is 1. The number of aromatic nitrogens is 1. The molecule has 0 saturated carbocycles. The summed E-state index contributed by atoms with van der Waals surface area (Å²) in [5.74, 6) is -0.961. The van der Waals surface area contributed by atoms with Crippen molar-refractivity contribution in [1.29, 1.82) is 0 Å². The van der Waals surface area contributed by atoms with E-state index in [1.165, 1.54) is 30.9 Å². The molecular formula is C10H7NO3. The summed E-state index contributed by atoms with van der Waals surface area (Å²) >= 11 is 0. The van der Waals surface area contributed by atoms with Crippen LogP contribution in [0.4, 0.5) is 0 Å². The normalized spacial score (nSPS) is 10.0. The fraction of sp³-hybridized carbons (Fsp3) is 0. The number of pyridine rings is 1. The van der Waals surface area contributed by atoms with Gasteiger partial charge in [0, 0.05) is 11.8 Å². The van der Waals surface area contributed by atoms with Crippen molar-refractivity contribution in [3.63, 3.8) is 0 Å². The SMILES string of the molecule is O=C(O)c1ccnc(-c2ccoc2)c1. The van der Waals surface area contributed by atoms with Gasteiger partial charge in [-0.05, 0) is 18.2 Å². The minimum Gasteiger partial charge on any atom is -0.478 e. The molecule has 0 radical (unpaired) electrons. The van der Waals surface area contributed by atoms with Gasteiger partial charge in [-0.2, -0.15) is 0 Å². The van der Waals surface area contributed by atoms with E-state index in [9.17, 15) is 4.79 Å². The summed E-state index contributed by atoms with van der Waals surface area (Å²) in [5.41, 5.74) is 1.59. The lowest BCUT2D eigenvalue weighted by Gasteiger charge is -1.97. The topological polar surface area (TPSA) is 63.3 Å². The van der Waals surface area contributed by atoms with Gasteiger partial charge < -0.3 is 9.52 Å². The van der Waals surface area contributed by atoms with Crippen LogP contribution in [0.2, 0.25) is 0 Å². The second-order valence-corrected chi connectivity index (χ2v) is 2.75. The van der Waals surface area contributed by atoms with Crippen LogP contribution in [-0.2, 0) is 0 Å². The third kappa shape index (κ3) is 1.50. The molecule has 2 aromatic heterocycles. The van der Waals surface area contributed by atoms with E-state index in [2.05, 4.69) is 4.98 Å². The lowest BCUT2D eigenvalue weighted by atomic mass is 10.1. The Kier molecular flexibility index (Phi) is 2.02. The molecule has 1 N–H and O–H groups in total. The molecule has 4 nitrogen and oxygen atoms in total. The van der Waals surface area contributed by atoms with Crippen molar-refractivity contribution in [2.75, 3.05) is 0 Å². The molecular weight excluding hydrogens is 182 g/mol. The van der Waals surface area contributed by atoms with Crippen LogP contribution in [0.25, 0.3) is 11.3 Å². The summed E-state index contributed by atoms with van der Waals surface area (Å²) < 4.78 is 4.88. The monoisotopic (exact) mass is 189 g/mol. The lowest BCUT2D eigenvalue weighted by Crippen LogP contribution is -1.96. The van der Waals surface area contributed by atoms with Crippen molar-refractivity contribution < 1.29 is 14.3 Å². The van der Waals surface area contributed by atoms with Crippen molar-refractivity contribution in [2.24, 2.45) is 0 Å². The molecule has 0 unspecified atom stereocenters. The van der Waals surface area contributed by atoms with Gasteiger partial charge in [-0.25, -0.2) is 4.79 Å². The van der Waals surface area contributed by atoms with Crippen LogP contribution in [0.3, 0.4) is 0 Å². The number of rotatable bonds is 2. The minimum absolute atomic E-state index is 0.219. The van der Waals surface area contributed by atoms with E-state index in [4.69, 9.17) is 9.52 Å². The average molecular weight is 189 g/mol. The second-order valence-electron chi connectivity index (χ2n) is 2.75. The summed E-state index contributed by atoms with van der Waals surface area (Å²) in [5, 5.41) is 8.76. The Hall–Kier alpha value is -2.10. The van der Waals surface area contributed by atoms with Crippen LogP contribution in [0.5, 0.6) is 0 Å². The van der Waals surface area contributed by atoms with E-state index in [0.717, 1.165) is 5.56 Å². The van der Waals surface area contributed by atoms with Crippen molar-refractivity contribution in [3.8, 4) is 11.3 Å². The second kappa shape index (κ2) is 3.33. The highest BCUT2D eigenvalue weighted by Crippen LogP contribution is 2.17. The van der Waals surface area contributed by atoms with Crippen molar-refractivity contribution in [3.05, 3.63) is 42.5 Å². The van der Waals surface area contributed by atoms with Gasteiger partial charge >= 0.3 is 5.97 Å². The fourth-order valence-corrected chi connectivity index (χ4v) is 1.13. The molecule has 0 atom stereocenters. The van der Waals surface area contributed by atoms with E-state index in [-0.39, 0.29) is 5.56 Å². The maximum atomic E-state index is 10.7. The lowest BCUT2D eigenvalue weighted by molar-refractivity contribution is 0.0697. The highest BCUT2D eigenvalue weighted by molar-refractivity contribution is 5.88. The number of carbonyl (C=O) groups is 1. The van der Waals surface area contributed by atoms with Gasteiger partial charge in [0.1, 0.15) is 0 Å². The van der Waals surface area contributed by atoms with Crippen LogP contribution in [0.1, 0.15) is 10.4 Å². The van der Waals surface area contributed by atoms with Gasteiger partial charge in [-0.15, -0.1) is 0 Å². The zero-order chi connectivity index (χ0) is 9.97. The van der Waals surface area contributed by atoms with Gasteiger partial charge in [0.05, 0.1) is 23.8 Å². The Bertz CT molecular complexity index is 448. The molecule has 14 heavy (non-hydrogen) atoms. The molecule has 70 valence electrons. The largest absolute Gasteiger partial charge is 0.478 e. The first-order valence-electron chi connectivity index (χ1n) is 3.99. The summed E-state index contributed by atoms with van der Waals surface area (Å²) in [6, 6.07) is 4.69. The zero-order valence-corrected chi connectivity index (χ0v) is 7.18. The first-order valence-corrected chi connectivity index (χ1v) is 3.99. The predicted octanol–water partition coefficient (Wildman–Crippen LogP) is 2.04. The molecule has 0 aliphatic rings. The summed E-state index contributed by atoms with van der Waals surface area (Å²) in [6.07, 6.45) is 4.50. The number of carboxylic acid groups (broad SMARTS) is 1. The standard InChI is InChI=1S/C10H7NO3/c12-10(13)7-1-3-11-9(5-7)8-2-4-14-6-8/h1-6H,(H,12,13). The van der Waals surface area contributed by atoms with E-state index in [0.29, 0.717) is 5.69 Å². The van der Waals surface area contributed by atoms with Crippen molar-refractivity contribution in [2.45, 2.75) is 0 Å². The Morgan fingerprint density at radius 1 is 1.43 bits per heavy atom. The molecule has 0 saturated heterocycles. The zero-order valence-electron chi connectivity index (χ0n) is 7.18. The minimum atomic E-state index is -0.961. The van der Waals surface area contributed by atoms with E-state index < -0.39 is 5.97 Å². The molecule has 2 rings (SSSR count). The van der Waals surface area contributed by atoms with Crippen LogP contribution in [0.15, 0.2) is 41.3 Å². The Balaban J connectivity index is 2.46. The maximum absolute atomic E-state index is 10.7. The van der Waals surface area contributed by atoms with E-state index >= 15 is 0 Å². The van der Waals surface area contributed by atoms with Gasteiger partial charge in [0.25, 0.3) is 0 Å². The van der Waals surface area contributed by atoms with Crippen molar-refractivity contribution >= 4 is 5.97 Å². The average Bonchev–Trinajstić information content (AvgIpc) is 2.71. The van der Waals surface area contributed by atoms with Crippen LogP contribution >= 0.6 is 0 Å². The fourth-order valence-electron chi connectivity index (χ4n) is 1.13. The molecule has 0 amide bonds. The molecule has 0 bridgehead atoms. The number of aromatic carboxylic acids is 1. The highest BCUT2D eigenvalue weighted by atomic mass is 16.4. The summed E-state index contributed by atoms with van der Waals surface area (Å²) in [7, 11) is 0. The number of carboxylic acids is 1. The number of hydrogen-bond acceptors (Lipinski definition) is 3. The van der Waals surface area contributed by atoms with Crippen LogP contribution in [-0.4, -0.2) is 16.1 Å². The van der Waals surface area contributed by atoms with Gasteiger partial charge in [0.15, 0.2) is 0 Å². The molecule has 2 aromatic rings. The van der Waals surface area contributed by atoms with Crippen LogP contribution < -0.4 is 0 Å². The molecule has 0 aromatic carbocycles. The van der Waals surface area contributed by atoms with Gasteiger partial charge in [-0.1, -0.05) is 0 Å². The maximum Gasteiger partial charge on any atom is 0.335 e. The molecule has 0 fully saturated rings. The predicted molar refractivity (Wildman–Crippen MR) is 48.9 cm³/mol. The number of furan rings is 1. The number of hydrogen-bond donors (Lipinski definition) is 1. The van der Waals surface area contributed by atoms with E-state index in [1.807, 2.05) is 0 Å². The Morgan fingerprint density at radius 3 is 2.93 bits per heavy atom. The quantitative estimate of drug-likeness (QED) is 0.785. The van der Waals surface area contributed by atoms with Crippen molar-refractivity contribution in [1.82, 2.24) is 4.98 Å². The molecule has 2 heterocycles. The van der Waals surface area contributed by atoms with Gasteiger partial charge in [0.2, 0.25) is 0 Å². The molecule has 0 aliphatic heterocycles. The first-order chi connectivity index (χ1) is 6.77. The molecule has 0 aliphatic carbocycles. The molecule has 0 spiro atoms. The first kappa shape index (κ1) is 8.50. The van der Waals surface area contributed by atoms with Crippen LogP contribution in [0, 0.1) is 0 Å². The summed E-state index contributed by atoms with van der Waals surface area (Å²) in [4.78, 5) is 14.7. The Labute approximate surface area is 79.8 Å². The van der Waals surface area contributed by atoms with E-state index in [1.54, 1.807) is 6.07 Å². The van der Waals surface area contributed by atoms with Gasteiger partial charge in [-0.3, -0.25) is 4.98 Å². The Morgan fingerprint density at radius 2 is 2.29 bits per heavy atom.